The van der Waals surface area contributed by atoms with E-state index in [1.54, 1.807) is 18.2 Å². The molecule has 0 spiro atoms. The monoisotopic (exact) mass is 255 g/mol. The summed E-state index contributed by atoms with van der Waals surface area (Å²) in [5.41, 5.74) is 6.23. The summed E-state index contributed by atoms with van der Waals surface area (Å²) >= 11 is 0. The maximum atomic E-state index is 11.7. The van der Waals surface area contributed by atoms with Gasteiger partial charge in [0, 0.05) is 18.5 Å². The summed E-state index contributed by atoms with van der Waals surface area (Å²) in [6.07, 6.45) is 0. The molecule has 2 rings (SSSR count). The van der Waals surface area contributed by atoms with Crippen LogP contribution in [0.15, 0.2) is 28.8 Å². The molecule has 2 aromatic rings. The van der Waals surface area contributed by atoms with E-state index in [0.717, 1.165) is 0 Å². The molecule has 0 aliphatic heterocycles. The fourth-order valence-electron chi connectivity index (χ4n) is 1.49. The number of para-hydroxylation sites is 1. The summed E-state index contributed by atoms with van der Waals surface area (Å²) in [6, 6.07) is 7.13. The third-order valence-electron chi connectivity index (χ3n) is 2.25. The summed E-state index contributed by atoms with van der Waals surface area (Å²) in [5, 5.41) is 4.48. The molecule has 0 unspecified atom stereocenters. The van der Waals surface area contributed by atoms with Crippen LogP contribution in [0.2, 0.25) is 0 Å². The van der Waals surface area contributed by atoms with Gasteiger partial charge < -0.3 is 10.3 Å². The lowest BCUT2D eigenvalue weighted by Crippen LogP contribution is -2.30. The van der Waals surface area contributed by atoms with Crippen molar-refractivity contribution in [2.24, 2.45) is 5.73 Å². The van der Waals surface area contributed by atoms with Gasteiger partial charge in [0.05, 0.1) is 0 Å². The summed E-state index contributed by atoms with van der Waals surface area (Å²) < 4.78 is 30.7. The molecule has 6 nitrogen and oxygen atoms in total. The molecule has 0 aliphatic carbocycles. The molecule has 0 radical (unpaired) electrons. The smallest absolute Gasteiger partial charge is 0.217 e. The first kappa shape index (κ1) is 12.0. The van der Waals surface area contributed by atoms with Crippen LogP contribution in [0.5, 0.6) is 0 Å². The zero-order valence-corrected chi connectivity index (χ0v) is 9.90. The van der Waals surface area contributed by atoms with E-state index < -0.39 is 10.0 Å². The molecule has 1 aromatic heterocycles. The van der Waals surface area contributed by atoms with Crippen LogP contribution in [-0.2, 0) is 15.8 Å². The number of hydrogen-bond acceptors (Lipinski definition) is 5. The van der Waals surface area contributed by atoms with Gasteiger partial charge in [-0.05, 0) is 12.1 Å². The fraction of sp³-hybridized carbons (Fsp3) is 0.300. The van der Waals surface area contributed by atoms with Crippen molar-refractivity contribution in [1.29, 1.82) is 0 Å². The molecule has 92 valence electrons. The van der Waals surface area contributed by atoms with Crippen LogP contribution in [-0.4, -0.2) is 26.7 Å². The van der Waals surface area contributed by atoms with Crippen LogP contribution in [0.4, 0.5) is 0 Å². The van der Waals surface area contributed by atoms with Crippen molar-refractivity contribution in [2.45, 2.75) is 5.75 Å². The Morgan fingerprint density at radius 2 is 2.12 bits per heavy atom. The molecule has 0 saturated carbocycles. The lowest BCUT2D eigenvalue weighted by Gasteiger charge is -2.02. The number of aromatic nitrogens is 1. The summed E-state index contributed by atoms with van der Waals surface area (Å²) in [4.78, 5) is 0. The number of nitrogens with one attached hydrogen (secondary N) is 1. The number of fused-ring (bicyclic) bond motifs is 1. The summed E-state index contributed by atoms with van der Waals surface area (Å²) in [6.45, 7) is 0.483. The molecule has 0 bridgehead atoms. The molecule has 1 heterocycles. The number of benzene rings is 1. The maximum absolute atomic E-state index is 11.7. The van der Waals surface area contributed by atoms with E-state index in [0.29, 0.717) is 16.7 Å². The molecule has 0 saturated heterocycles. The van der Waals surface area contributed by atoms with Gasteiger partial charge in [-0.25, -0.2) is 13.1 Å². The maximum Gasteiger partial charge on any atom is 0.217 e. The van der Waals surface area contributed by atoms with Crippen LogP contribution in [0.25, 0.3) is 11.0 Å². The van der Waals surface area contributed by atoms with E-state index in [2.05, 4.69) is 9.88 Å². The van der Waals surface area contributed by atoms with Gasteiger partial charge in [-0.2, -0.15) is 0 Å². The van der Waals surface area contributed by atoms with Crippen molar-refractivity contribution >= 4 is 21.0 Å². The van der Waals surface area contributed by atoms with Crippen LogP contribution < -0.4 is 10.5 Å². The average molecular weight is 255 g/mol. The van der Waals surface area contributed by atoms with Crippen LogP contribution in [0.3, 0.4) is 0 Å². The Morgan fingerprint density at radius 3 is 2.88 bits per heavy atom. The van der Waals surface area contributed by atoms with Gasteiger partial charge in [0.1, 0.15) is 11.4 Å². The van der Waals surface area contributed by atoms with E-state index in [-0.39, 0.29) is 18.8 Å². The van der Waals surface area contributed by atoms with E-state index in [1.165, 1.54) is 0 Å². The zero-order chi connectivity index (χ0) is 12.3. The molecule has 3 N–H and O–H groups in total. The number of rotatable bonds is 5. The van der Waals surface area contributed by atoms with Crippen molar-refractivity contribution in [1.82, 2.24) is 9.88 Å². The molecule has 17 heavy (non-hydrogen) atoms. The molecular weight excluding hydrogens is 242 g/mol. The highest BCUT2D eigenvalue weighted by molar-refractivity contribution is 7.88. The molecule has 1 aromatic carbocycles. The van der Waals surface area contributed by atoms with Crippen LogP contribution in [0.1, 0.15) is 5.69 Å². The fourth-order valence-corrected chi connectivity index (χ4v) is 2.59. The highest BCUT2D eigenvalue weighted by Gasteiger charge is 2.16. The Balaban J connectivity index is 2.24. The number of nitrogens with zero attached hydrogens (tertiary/aromatic N) is 1. The van der Waals surface area contributed by atoms with Gasteiger partial charge in [0.15, 0.2) is 5.58 Å². The second-order valence-corrected chi connectivity index (χ2v) is 5.37. The van der Waals surface area contributed by atoms with Crippen molar-refractivity contribution in [3.8, 4) is 0 Å². The lowest BCUT2D eigenvalue weighted by atomic mass is 10.2. The SMILES string of the molecule is NCCNS(=O)(=O)Cc1noc2ccccc12. The van der Waals surface area contributed by atoms with Crippen LogP contribution >= 0.6 is 0 Å². The highest BCUT2D eigenvalue weighted by atomic mass is 32.2. The zero-order valence-electron chi connectivity index (χ0n) is 9.09. The highest BCUT2D eigenvalue weighted by Crippen LogP contribution is 2.19. The van der Waals surface area contributed by atoms with Crippen molar-refractivity contribution in [2.75, 3.05) is 13.1 Å². The summed E-state index contributed by atoms with van der Waals surface area (Å²) in [7, 11) is -3.41. The largest absolute Gasteiger partial charge is 0.356 e. The normalized spacial score (nSPS) is 12.1. The first-order chi connectivity index (χ1) is 8.12. The summed E-state index contributed by atoms with van der Waals surface area (Å²) in [5.74, 6) is -0.204. The third kappa shape index (κ3) is 2.82. The first-order valence-corrected chi connectivity index (χ1v) is 6.78. The minimum atomic E-state index is -3.41. The third-order valence-corrected chi connectivity index (χ3v) is 3.54. The number of nitrogens with two attached hydrogens (primary N) is 1. The minimum Gasteiger partial charge on any atom is -0.356 e. The standard InChI is InChI=1S/C10H13N3O3S/c11-5-6-12-17(14,15)7-9-8-3-1-2-4-10(8)16-13-9/h1-4,12H,5-7,11H2. The Labute approximate surface area is 98.8 Å². The predicted octanol–water partition coefficient (Wildman–Crippen LogP) is 0.206. The van der Waals surface area contributed by atoms with E-state index >= 15 is 0 Å². The molecule has 0 aliphatic rings. The first-order valence-electron chi connectivity index (χ1n) is 5.13. The topological polar surface area (TPSA) is 98.2 Å². The van der Waals surface area contributed by atoms with Gasteiger partial charge in [-0.3, -0.25) is 0 Å². The van der Waals surface area contributed by atoms with Gasteiger partial charge in [-0.1, -0.05) is 17.3 Å². The Bertz CT molecular complexity index is 606. The van der Waals surface area contributed by atoms with E-state index in [4.69, 9.17) is 10.3 Å². The van der Waals surface area contributed by atoms with Crippen molar-refractivity contribution < 1.29 is 12.9 Å². The molecule has 0 amide bonds. The molecule has 0 fully saturated rings. The Morgan fingerprint density at radius 1 is 1.35 bits per heavy atom. The van der Waals surface area contributed by atoms with Crippen molar-refractivity contribution in [3.05, 3.63) is 30.0 Å². The van der Waals surface area contributed by atoms with Gasteiger partial charge >= 0.3 is 0 Å². The second kappa shape index (κ2) is 4.82. The van der Waals surface area contributed by atoms with Crippen LogP contribution in [0, 0.1) is 0 Å². The number of sulfonamides is 1. The predicted molar refractivity (Wildman–Crippen MR) is 63.7 cm³/mol. The number of hydrogen-bond donors (Lipinski definition) is 2. The minimum absolute atomic E-state index is 0.204. The van der Waals surface area contributed by atoms with Gasteiger partial charge in [0.2, 0.25) is 10.0 Å². The molecule has 0 atom stereocenters. The average Bonchev–Trinajstić information content (AvgIpc) is 2.70. The van der Waals surface area contributed by atoms with Crippen molar-refractivity contribution in [3.63, 3.8) is 0 Å². The molecular formula is C10H13N3O3S. The van der Waals surface area contributed by atoms with E-state index in [9.17, 15) is 8.42 Å². The molecule has 7 heteroatoms. The van der Waals surface area contributed by atoms with E-state index in [1.807, 2.05) is 6.07 Å². The Kier molecular flexibility index (Phi) is 3.41. The second-order valence-electron chi connectivity index (χ2n) is 3.57. The quantitative estimate of drug-likeness (QED) is 0.795. The lowest BCUT2D eigenvalue weighted by molar-refractivity contribution is 0.448. The van der Waals surface area contributed by atoms with Gasteiger partial charge in [0.25, 0.3) is 0 Å². The van der Waals surface area contributed by atoms with Gasteiger partial charge in [-0.15, -0.1) is 0 Å². The Hall–Kier alpha value is -1.44.